The van der Waals surface area contributed by atoms with Gasteiger partial charge in [0.15, 0.2) is 0 Å². The van der Waals surface area contributed by atoms with Crippen molar-refractivity contribution in [1.29, 1.82) is 0 Å². The van der Waals surface area contributed by atoms with Crippen molar-refractivity contribution in [3.8, 4) is 0 Å². The van der Waals surface area contributed by atoms with Gasteiger partial charge in [0.2, 0.25) is 0 Å². The largest absolute Gasteiger partial charge is 0.483 e. The zero-order valence-corrected chi connectivity index (χ0v) is 13.8. The Morgan fingerprint density at radius 2 is 1.32 bits per heavy atom. The Hall–Kier alpha value is -1.31. The molecule has 0 spiro atoms. The lowest BCUT2D eigenvalue weighted by Crippen LogP contribution is -2.24. The van der Waals surface area contributed by atoms with Gasteiger partial charge in [-0.2, -0.15) is 0 Å². The third-order valence-corrected chi connectivity index (χ3v) is 5.77. The van der Waals surface area contributed by atoms with Crippen molar-refractivity contribution in [3.05, 3.63) is 35.9 Å². The summed E-state index contributed by atoms with van der Waals surface area (Å²) in [6, 6.07) is 11.2. The molecule has 0 amide bonds. The van der Waals surface area contributed by atoms with E-state index in [4.69, 9.17) is 9.90 Å². The molecule has 0 heterocycles. The number of carbonyl (C=O) groups is 1. The Labute approximate surface area is 134 Å². The summed E-state index contributed by atoms with van der Waals surface area (Å²) in [6.45, 7) is 2.18. The maximum absolute atomic E-state index is 8.36. The molecule has 122 valence electrons. The Bertz CT molecular complexity index is 413. The summed E-state index contributed by atoms with van der Waals surface area (Å²) in [7, 11) is 0. The fraction of sp³-hybridized carbons (Fsp3) is 0.650. The molecule has 0 unspecified atom stereocenters. The molecule has 2 nitrogen and oxygen atoms in total. The van der Waals surface area contributed by atoms with Crippen LogP contribution in [0.25, 0.3) is 0 Å². The van der Waals surface area contributed by atoms with Crippen LogP contribution in [0.4, 0.5) is 0 Å². The SMILES string of the molecule is CC1CCC(C2CCC(c3ccccc3)CC2)CC1.O=CO. The molecule has 0 aromatic heterocycles. The first-order valence-corrected chi connectivity index (χ1v) is 8.87. The van der Waals surface area contributed by atoms with E-state index in [1.807, 2.05) is 0 Å². The zero-order valence-electron chi connectivity index (χ0n) is 13.8. The first kappa shape index (κ1) is 17.1. The van der Waals surface area contributed by atoms with E-state index in [2.05, 4.69) is 37.3 Å². The molecule has 22 heavy (non-hydrogen) atoms. The molecule has 0 bridgehead atoms. The summed E-state index contributed by atoms with van der Waals surface area (Å²) in [5, 5.41) is 6.89. The van der Waals surface area contributed by atoms with Crippen LogP contribution < -0.4 is 0 Å². The quantitative estimate of drug-likeness (QED) is 0.734. The molecule has 2 saturated carbocycles. The van der Waals surface area contributed by atoms with Crippen molar-refractivity contribution >= 4 is 6.47 Å². The lowest BCUT2D eigenvalue weighted by Gasteiger charge is -2.37. The van der Waals surface area contributed by atoms with E-state index in [0.29, 0.717) is 0 Å². The third kappa shape index (κ3) is 4.86. The maximum Gasteiger partial charge on any atom is 0.290 e. The van der Waals surface area contributed by atoms with E-state index in [-0.39, 0.29) is 6.47 Å². The van der Waals surface area contributed by atoms with Gasteiger partial charge in [-0.05, 0) is 67.8 Å². The highest BCUT2D eigenvalue weighted by Crippen LogP contribution is 2.43. The molecule has 2 aliphatic carbocycles. The average molecular weight is 302 g/mol. The van der Waals surface area contributed by atoms with Crippen molar-refractivity contribution in [3.63, 3.8) is 0 Å². The second-order valence-electron chi connectivity index (χ2n) is 7.15. The van der Waals surface area contributed by atoms with Gasteiger partial charge >= 0.3 is 0 Å². The Balaban J connectivity index is 0.000000545. The molecule has 2 fully saturated rings. The molecule has 2 heteroatoms. The van der Waals surface area contributed by atoms with Crippen LogP contribution in [0, 0.1) is 17.8 Å². The maximum atomic E-state index is 8.36. The van der Waals surface area contributed by atoms with Gasteiger partial charge in [-0.15, -0.1) is 0 Å². The normalized spacial score (nSPS) is 31.7. The molecule has 2 aliphatic rings. The number of hydrogen-bond donors (Lipinski definition) is 1. The average Bonchev–Trinajstić information content (AvgIpc) is 2.57. The van der Waals surface area contributed by atoms with Gasteiger partial charge < -0.3 is 5.11 Å². The van der Waals surface area contributed by atoms with Crippen LogP contribution in [-0.2, 0) is 4.79 Å². The first-order valence-electron chi connectivity index (χ1n) is 8.87. The van der Waals surface area contributed by atoms with E-state index in [0.717, 1.165) is 23.7 Å². The van der Waals surface area contributed by atoms with Crippen molar-refractivity contribution in [2.24, 2.45) is 17.8 Å². The van der Waals surface area contributed by atoms with Gasteiger partial charge in [-0.1, -0.05) is 50.1 Å². The van der Waals surface area contributed by atoms with Crippen molar-refractivity contribution in [2.45, 2.75) is 64.2 Å². The highest BCUT2D eigenvalue weighted by atomic mass is 16.3. The van der Waals surface area contributed by atoms with E-state index >= 15 is 0 Å². The van der Waals surface area contributed by atoms with Gasteiger partial charge in [0.25, 0.3) is 6.47 Å². The standard InChI is InChI=1S/C19H28.CH2O2/c1-15-7-9-17(10-8-15)19-13-11-18(12-14-19)16-5-3-2-4-6-16;2-1-3/h2-6,15,17-19H,7-14H2,1H3;1H,(H,2,3). The van der Waals surface area contributed by atoms with Crippen LogP contribution >= 0.6 is 0 Å². The second-order valence-corrected chi connectivity index (χ2v) is 7.15. The number of benzene rings is 1. The predicted molar refractivity (Wildman–Crippen MR) is 91.0 cm³/mol. The number of carboxylic acid groups (broad SMARTS) is 1. The van der Waals surface area contributed by atoms with Crippen LogP contribution in [0.1, 0.15) is 69.8 Å². The Kier molecular flexibility index (Phi) is 6.95. The van der Waals surface area contributed by atoms with Gasteiger partial charge in [0.1, 0.15) is 0 Å². The Morgan fingerprint density at radius 1 is 0.864 bits per heavy atom. The number of hydrogen-bond acceptors (Lipinski definition) is 1. The van der Waals surface area contributed by atoms with E-state index in [1.165, 1.54) is 51.4 Å². The minimum absolute atomic E-state index is 0.250. The smallest absolute Gasteiger partial charge is 0.290 e. The summed E-state index contributed by atoms with van der Waals surface area (Å²) in [4.78, 5) is 8.36. The lowest BCUT2D eigenvalue weighted by atomic mass is 9.68. The summed E-state index contributed by atoms with van der Waals surface area (Å²) in [5.41, 5.74) is 1.58. The van der Waals surface area contributed by atoms with E-state index in [9.17, 15) is 0 Å². The lowest BCUT2D eigenvalue weighted by molar-refractivity contribution is -0.122. The summed E-state index contributed by atoms with van der Waals surface area (Å²) in [5.74, 6) is 3.96. The van der Waals surface area contributed by atoms with Crippen LogP contribution in [-0.4, -0.2) is 11.6 Å². The van der Waals surface area contributed by atoms with Crippen LogP contribution in [0.5, 0.6) is 0 Å². The molecular weight excluding hydrogens is 272 g/mol. The molecule has 0 saturated heterocycles. The topological polar surface area (TPSA) is 37.3 Å². The highest BCUT2D eigenvalue weighted by Gasteiger charge is 2.30. The molecule has 0 radical (unpaired) electrons. The number of rotatable bonds is 2. The molecule has 1 aromatic rings. The van der Waals surface area contributed by atoms with Crippen LogP contribution in [0.15, 0.2) is 30.3 Å². The molecule has 1 N–H and O–H groups in total. The van der Waals surface area contributed by atoms with Crippen molar-refractivity contribution in [2.75, 3.05) is 0 Å². The highest BCUT2D eigenvalue weighted by molar-refractivity contribution is 5.32. The minimum atomic E-state index is -0.250. The fourth-order valence-corrected chi connectivity index (χ4v) is 4.41. The Morgan fingerprint density at radius 3 is 1.82 bits per heavy atom. The minimum Gasteiger partial charge on any atom is -0.483 e. The zero-order chi connectivity index (χ0) is 15.8. The molecule has 0 atom stereocenters. The monoisotopic (exact) mass is 302 g/mol. The summed E-state index contributed by atoms with van der Waals surface area (Å²) >= 11 is 0. The predicted octanol–water partition coefficient (Wildman–Crippen LogP) is 5.49. The molecule has 0 aliphatic heterocycles. The summed E-state index contributed by atoms with van der Waals surface area (Å²) < 4.78 is 0. The van der Waals surface area contributed by atoms with E-state index in [1.54, 1.807) is 5.56 Å². The first-order chi connectivity index (χ1) is 10.7. The van der Waals surface area contributed by atoms with Crippen molar-refractivity contribution < 1.29 is 9.90 Å². The van der Waals surface area contributed by atoms with Gasteiger partial charge in [0.05, 0.1) is 0 Å². The van der Waals surface area contributed by atoms with Crippen molar-refractivity contribution in [1.82, 2.24) is 0 Å². The van der Waals surface area contributed by atoms with Crippen LogP contribution in [0.3, 0.4) is 0 Å². The van der Waals surface area contributed by atoms with Gasteiger partial charge in [-0.25, -0.2) is 0 Å². The molecule has 1 aromatic carbocycles. The van der Waals surface area contributed by atoms with Crippen LogP contribution in [0.2, 0.25) is 0 Å². The van der Waals surface area contributed by atoms with Gasteiger partial charge in [0, 0.05) is 0 Å². The van der Waals surface area contributed by atoms with E-state index < -0.39 is 0 Å². The second kappa shape index (κ2) is 8.97. The fourth-order valence-electron chi connectivity index (χ4n) is 4.41. The molecule has 3 rings (SSSR count). The van der Waals surface area contributed by atoms with Gasteiger partial charge in [-0.3, -0.25) is 4.79 Å². The molecular formula is C20H30O2. The summed E-state index contributed by atoms with van der Waals surface area (Å²) in [6.07, 6.45) is 11.8. The third-order valence-electron chi connectivity index (χ3n) is 5.77.